The Morgan fingerprint density at radius 2 is 1.25 bits per heavy atom. The second kappa shape index (κ2) is 3.04. The van der Waals surface area contributed by atoms with Crippen LogP contribution < -0.4 is 9.35 Å². The molecule has 0 aliphatic carbocycles. The first-order chi connectivity index (χ1) is 5.97. The van der Waals surface area contributed by atoms with Gasteiger partial charge < -0.3 is 0 Å². The summed E-state index contributed by atoms with van der Waals surface area (Å²) in [6, 6.07) is 3.72. The molecule has 2 aromatic heterocycles. The van der Waals surface area contributed by atoms with Crippen LogP contribution in [0.3, 0.4) is 0 Å². The summed E-state index contributed by atoms with van der Waals surface area (Å²) >= 11 is 0. The van der Waals surface area contributed by atoms with Crippen LogP contribution >= 0.6 is 0 Å². The van der Waals surface area contributed by atoms with Crippen LogP contribution in [-0.2, 0) is 0 Å². The van der Waals surface area contributed by atoms with Crippen molar-refractivity contribution in [1.82, 2.24) is 9.97 Å². The monoisotopic (exact) mass is 160 g/mol. The summed E-state index contributed by atoms with van der Waals surface area (Å²) < 4.78 is 3.65. The van der Waals surface area contributed by atoms with Crippen molar-refractivity contribution in [1.29, 1.82) is 0 Å². The summed E-state index contributed by atoms with van der Waals surface area (Å²) in [6.45, 7) is 0. The first-order valence-corrected chi connectivity index (χ1v) is 3.60. The zero-order chi connectivity index (χ0) is 8.23. The topological polar surface area (TPSA) is 33.5 Å². The van der Waals surface area contributed by atoms with E-state index in [1.54, 1.807) is 25.0 Å². The molecule has 2 heterocycles. The lowest BCUT2D eigenvalue weighted by Crippen LogP contribution is -2.65. The Balaban J connectivity index is 2.46. The van der Waals surface area contributed by atoms with E-state index in [4.69, 9.17) is 0 Å². The van der Waals surface area contributed by atoms with Crippen LogP contribution in [0.4, 0.5) is 0 Å². The van der Waals surface area contributed by atoms with Crippen molar-refractivity contribution in [3.8, 4) is 0 Å². The lowest BCUT2D eigenvalue weighted by atomic mass is 10.7. The van der Waals surface area contributed by atoms with Gasteiger partial charge in [-0.1, -0.05) is 19.3 Å². The second-order valence-electron chi connectivity index (χ2n) is 2.27. The summed E-state index contributed by atoms with van der Waals surface area (Å²) in [5, 5.41) is 0. The SMILES string of the molecule is c1cnc[n+](-[n+]2cccnc2)c1. The summed E-state index contributed by atoms with van der Waals surface area (Å²) in [4.78, 5) is 7.95. The van der Waals surface area contributed by atoms with Crippen molar-refractivity contribution in [2.24, 2.45) is 0 Å². The van der Waals surface area contributed by atoms with Crippen LogP contribution in [-0.4, -0.2) is 9.97 Å². The number of aromatic nitrogens is 4. The molecule has 0 bridgehead atoms. The van der Waals surface area contributed by atoms with Crippen LogP contribution in [0.2, 0.25) is 0 Å². The Kier molecular flexibility index (Phi) is 1.74. The normalized spacial score (nSPS) is 9.67. The van der Waals surface area contributed by atoms with Crippen LogP contribution in [0.5, 0.6) is 0 Å². The highest BCUT2D eigenvalue weighted by Gasteiger charge is 2.01. The largest absolute Gasteiger partial charge is 0.326 e. The molecular weight excluding hydrogens is 152 g/mol. The van der Waals surface area contributed by atoms with Gasteiger partial charge >= 0.3 is 12.7 Å². The van der Waals surface area contributed by atoms with E-state index in [-0.39, 0.29) is 0 Å². The van der Waals surface area contributed by atoms with Crippen LogP contribution in [0.25, 0.3) is 0 Å². The van der Waals surface area contributed by atoms with E-state index in [2.05, 4.69) is 9.97 Å². The van der Waals surface area contributed by atoms with E-state index >= 15 is 0 Å². The molecule has 0 fully saturated rings. The molecule has 0 N–H and O–H groups in total. The molecule has 4 nitrogen and oxygen atoms in total. The Morgan fingerprint density at radius 3 is 1.58 bits per heavy atom. The van der Waals surface area contributed by atoms with Gasteiger partial charge in [0.2, 0.25) is 0 Å². The van der Waals surface area contributed by atoms with Crippen LogP contribution in [0.15, 0.2) is 49.6 Å². The van der Waals surface area contributed by atoms with Crippen molar-refractivity contribution in [2.45, 2.75) is 0 Å². The lowest BCUT2D eigenvalue weighted by molar-refractivity contribution is -1.30. The van der Waals surface area contributed by atoms with Crippen molar-refractivity contribution >= 4 is 0 Å². The number of nitrogens with zero attached hydrogens (tertiary/aromatic N) is 4. The first kappa shape index (κ1) is 6.84. The minimum Gasteiger partial charge on any atom is -0.0533 e. The predicted octanol–water partition coefficient (Wildman–Crippen LogP) is -0.637. The molecule has 58 valence electrons. The summed E-state index contributed by atoms with van der Waals surface area (Å²) in [6.07, 6.45) is 10.7. The van der Waals surface area contributed by atoms with Crippen LogP contribution in [0.1, 0.15) is 0 Å². The predicted molar refractivity (Wildman–Crippen MR) is 39.7 cm³/mol. The smallest absolute Gasteiger partial charge is 0.0533 e. The van der Waals surface area contributed by atoms with Gasteiger partial charge in [0.15, 0.2) is 0 Å². The van der Waals surface area contributed by atoms with Crippen molar-refractivity contribution in [3.05, 3.63) is 49.6 Å². The quantitative estimate of drug-likeness (QED) is 0.520. The van der Waals surface area contributed by atoms with Crippen molar-refractivity contribution < 1.29 is 9.35 Å². The number of rotatable bonds is 1. The molecule has 0 atom stereocenters. The molecule has 0 unspecified atom stereocenters. The van der Waals surface area contributed by atoms with Gasteiger partial charge in [-0.05, 0) is 0 Å². The zero-order valence-corrected chi connectivity index (χ0v) is 6.41. The summed E-state index contributed by atoms with van der Waals surface area (Å²) in [7, 11) is 0. The molecule has 0 aliphatic heterocycles. The minimum atomic E-state index is 1.71. The number of hydrogen-bond donors (Lipinski definition) is 0. The summed E-state index contributed by atoms with van der Waals surface area (Å²) in [5.41, 5.74) is 0. The van der Waals surface area contributed by atoms with Gasteiger partial charge in [0, 0.05) is 12.1 Å². The molecule has 0 saturated heterocycles. The van der Waals surface area contributed by atoms with Crippen molar-refractivity contribution in [2.75, 3.05) is 0 Å². The van der Waals surface area contributed by atoms with E-state index in [9.17, 15) is 0 Å². The summed E-state index contributed by atoms with van der Waals surface area (Å²) in [5.74, 6) is 0. The Hall–Kier alpha value is -1.84. The minimum absolute atomic E-state index is 1.71. The molecule has 0 spiro atoms. The third kappa shape index (κ3) is 1.27. The Bertz CT molecular complexity index is 308. The average Bonchev–Trinajstić information content (AvgIpc) is 2.21. The lowest BCUT2D eigenvalue weighted by Gasteiger charge is -1.89. The van der Waals surface area contributed by atoms with Gasteiger partial charge in [0.05, 0.1) is 0 Å². The highest BCUT2D eigenvalue weighted by atomic mass is 15.5. The maximum atomic E-state index is 3.98. The molecule has 0 amide bonds. The van der Waals surface area contributed by atoms with E-state index in [0.717, 1.165) is 0 Å². The highest BCUT2D eigenvalue weighted by molar-refractivity contribution is 4.70. The van der Waals surface area contributed by atoms with Gasteiger partial charge in [-0.25, -0.2) is 0 Å². The van der Waals surface area contributed by atoms with Crippen molar-refractivity contribution in [3.63, 3.8) is 0 Å². The van der Waals surface area contributed by atoms with Gasteiger partial charge in [0.1, 0.15) is 24.8 Å². The fourth-order valence-corrected chi connectivity index (χ4v) is 0.917. The molecule has 12 heavy (non-hydrogen) atoms. The van der Waals surface area contributed by atoms with Gasteiger partial charge in [-0.3, -0.25) is 0 Å². The zero-order valence-electron chi connectivity index (χ0n) is 6.41. The van der Waals surface area contributed by atoms with E-state index in [0.29, 0.717) is 0 Å². The Morgan fingerprint density at radius 1 is 0.750 bits per heavy atom. The number of hydrogen-bond acceptors (Lipinski definition) is 2. The van der Waals surface area contributed by atoms with Gasteiger partial charge in [0.25, 0.3) is 0 Å². The molecule has 2 aromatic rings. The van der Waals surface area contributed by atoms with Gasteiger partial charge in [-0.2, -0.15) is 0 Å². The third-order valence-corrected chi connectivity index (χ3v) is 1.46. The maximum absolute atomic E-state index is 3.98. The fraction of sp³-hybridized carbons (Fsp3) is 0. The molecule has 0 aromatic carbocycles. The Labute approximate surface area is 69.8 Å². The standard InChI is InChI=1S/C8H8N4/c1-3-9-7-11(5-1)12-6-2-4-10-8-12/h1-8H/q+2. The molecule has 4 heteroatoms. The third-order valence-electron chi connectivity index (χ3n) is 1.46. The van der Waals surface area contributed by atoms with E-state index in [1.807, 2.05) is 33.9 Å². The van der Waals surface area contributed by atoms with E-state index in [1.165, 1.54) is 0 Å². The van der Waals surface area contributed by atoms with Crippen LogP contribution in [0, 0.1) is 0 Å². The van der Waals surface area contributed by atoms with Gasteiger partial charge in [-0.15, -0.1) is 0 Å². The molecule has 2 rings (SSSR count). The molecule has 0 aliphatic rings. The molecule has 0 radical (unpaired) electrons. The fourth-order valence-electron chi connectivity index (χ4n) is 0.917. The molecule has 0 saturated carbocycles. The highest BCUT2D eigenvalue weighted by Crippen LogP contribution is 1.69. The molecular formula is C8H8N4+2. The maximum Gasteiger partial charge on any atom is 0.326 e. The first-order valence-electron chi connectivity index (χ1n) is 3.60. The second-order valence-corrected chi connectivity index (χ2v) is 2.27. The van der Waals surface area contributed by atoms with E-state index < -0.39 is 0 Å². The average molecular weight is 160 g/mol.